The molecule has 2 aromatic carbocycles. The van der Waals surface area contributed by atoms with Crippen molar-refractivity contribution in [3.63, 3.8) is 0 Å². The maximum absolute atomic E-state index is 9.56. The molecule has 0 aliphatic carbocycles. The summed E-state index contributed by atoms with van der Waals surface area (Å²) in [5.74, 6) is 1.15. The molecule has 0 atom stereocenters. The van der Waals surface area contributed by atoms with Crippen LogP contribution in [0.1, 0.15) is 31.5 Å². The fraction of sp³-hybridized carbons (Fsp3) is 0.423. The summed E-state index contributed by atoms with van der Waals surface area (Å²) in [6.07, 6.45) is 1.10. The van der Waals surface area contributed by atoms with Crippen molar-refractivity contribution in [1.29, 1.82) is 5.26 Å². The van der Waals surface area contributed by atoms with E-state index < -0.39 is 0 Å². The van der Waals surface area contributed by atoms with Gasteiger partial charge in [-0.15, -0.1) is 0 Å². The first-order valence-corrected chi connectivity index (χ1v) is 11.8. The number of rotatable bonds is 7. The van der Waals surface area contributed by atoms with E-state index >= 15 is 0 Å². The summed E-state index contributed by atoms with van der Waals surface area (Å²) in [6.45, 7) is 9.45. The SMILES string of the molecule is CCOc1cc(C#N)cc(OCC)c1-c1nc2ccc(N)cc2nc1CN1CCCN(C)CC1. The van der Waals surface area contributed by atoms with Gasteiger partial charge in [0.05, 0.1) is 47.1 Å². The van der Waals surface area contributed by atoms with Crippen LogP contribution in [0.5, 0.6) is 11.5 Å². The first kappa shape index (κ1) is 23.7. The van der Waals surface area contributed by atoms with Crippen molar-refractivity contribution >= 4 is 16.7 Å². The second kappa shape index (κ2) is 10.7. The lowest BCUT2D eigenvalue weighted by molar-refractivity contribution is 0.266. The molecule has 1 aliphatic heterocycles. The van der Waals surface area contributed by atoms with E-state index in [1.54, 1.807) is 12.1 Å². The highest BCUT2D eigenvalue weighted by molar-refractivity contribution is 5.84. The number of nitriles is 1. The highest BCUT2D eigenvalue weighted by Crippen LogP contribution is 2.41. The van der Waals surface area contributed by atoms with Crippen LogP contribution in [0.2, 0.25) is 0 Å². The summed E-state index contributed by atoms with van der Waals surface area (Å²) in [6, 6.07) is 11.3. The van der Waals surface area contributed by atoms with Gasteiger partial charge < -0.3 is 20.1 Å². The monoisotopic (exact) mass is 460 g/mol. The van der Waals surface area contributed by atoms with E-state index in [1.807, 2.05) is 32.0 Å². The Balaban J connectivity index is 1.91. The van der Waals surface area contributed by atoms with Crippen LogP contribution in [0.4, 0.5) is 5.69 Å². The summed E-state index contributed by atoms with van der Waals surface area (Å²) in [7, 11) is 2.16. The average molecular weight is 461 g/mol. The molecule has 34 heavy (non-hydrogen) atoms. The number of nitrogens with zero attached hydrogens (tertiary/aromatic N) is 5. The van der Waals surface area contributed by atoms with Crippen molar-refractivity contribution in [2.24, 2.45) is 0 Å². The molecule has 1 aromatic heterocycles. The molecule has 8 heteroatoms. The Morgan fingerprint density at radius 3 is 2.38 bits per heavy atom. The van der Waals surface area contributed by atoms with Gasteiger partial charge in [-0.05, 0) is 70.7 Å². The van der Waals surface area contributed by atoms with Crippen LogP contribution >= 0.6 is 0 Å². The molecule has 178 valence electrons. The van der Waals surface area contributed by atoms with Crippen LogP contribution in [0.3, 0.4) is 0 Å². The number of ether oxygens (including phenoxy) is 2. The second-order valence-corrected chi connectivity index (χ2v) is 8.53. The quantitative estimate of drug-likeness (QED) is 0.533. The molecule has 2 N–H and O–H groups in total. The Hall–Kier alpha value is -3.41. The number of hydrogen-bond donors (Lipinski definition) is 1. The first-order chi connectivity index (χ1) is 16.5. The normalized spacial score (nSPS) is 15.1. The molecule has 4 rings (SSSR count). The smallest absolute Gasteiger partial charge is 0.133 e. The minimum Gasteiger partial charge on any atom is -0.493 e. The number of likely N-dealkylation sites (N-methyl/N-ethyl adjacent to an activating group) is 1. The zero-order valence-electron chi connectivity index (χ0n) is 20.2. The first-order valence-electron chi connectivity index (χ1n) is 11.8. The van der Waals surface area contributed by atoms with Crippen molar-refractivity contribution in [3.05, 3.63) is 41.6 Å². The van der Waals surface area contributed by atoms with Crippen molar-refractivity contribution in [3.8, 4) is 28.8 Å². The van der Waals surface area contributed by atoms with E-state index in [0.717, 1.165) is 54.9 Å². The van der Waals surface area contributed by atoms with E-state index in [2.05, 4.69) is 22.9 Å². The minimum atomic E-state index is 0.457. The summed E-state index contributed by atoms with van der Waals surface area (Å²) in [4.78, 5) is 14.8. The highest BCUT2D eigenvalue weighted by Gasteiger charge is 2.24. The number of hydrogen-bond acceptors (Lipinski definition) is 8. The summed E-state index contributed by atoms with van der Waals surface area (Å²) >= 11 is 0. The molecular formula is C26H32N6O2. The number of benzene rings is 2. The molecule has 0 spiro atoms. The van der Waals surface area contributed by atoms with E-state index in [1.165, 1.54) is 0 Å². The van der Waals surface area contributed by atoms with Gasteiger partial charge in [0.1, 0.15) is 17.2 Å². The molecular weight excluding hydrogens is 428 g/mol. The van der Waals surface area contributed by atoms with Crippen LogP contribution in [0.25, 0.3) is 22.3 Å². The fourth-order valence-electron chi connectivity index (χ4n) is 4.31. The zero-order valence-corrected chi connectivity index (χ0v) is 20.2. The second-order valence-electron chi connectivity index (χ2n) is 8.53. The molecule has 1 aliphatic rings. The number of aromatic nitrogens is 2. The third-order valence-corrected chi connectivity index (χ3v) is 5.98. The molecule has 8 nitrogen and oxygen atoms in total. The molecule has 1 saturated heterocycles. The van der Waals surface area contributed by atoms with Crippen molar-refractivity contribution in [2.45, 2.75) is 26.8 Å². The van der Waals surface area contributed by atoms with Gasteiger partial charge in [0.25, 0.3) is 0 Å². The molecule has 0 unspecified atom stereocenters. The number of nitrogen functional groups attached to an aromatic ring is 1. The lowest BCUT2D eigenvalue weighted by Gasteiger charge is -2.23. The van der Waals surface area contributed by atoms with Gasteiger partial charge in [-0.25, -0.2) is 9.97 Å². The molecule has 0 amide bonds. The molecule has 2 heterocycles. The minimum absolute atomic E-state index is 0.457. The molecule has 0 radical (unpaired) electrons. The van der Waals surface area contributed by atoms with E-state index in [0.29, 0.717) is 48.2 Å². The third kappa shape index (κ3) is 5.22. The van der Waals surface area contributed by atoms with Crippen LogP contribution in [0.15, 0.2) is 30.3 Å². The third-order valence-electron chi connectivity index (χ3n) is 5.98. The van der Waals surface area contributed by atoms with Gasteiger partial charge in [0.15, 0.2) is 0 Å². The predicted octanol–water partition coefficient (Wildman–Crippen LogP) is 3.69. The number of fused-ring (bicyclic) bond motifs is 1. The maximum Gasteiger partial charge on any atom is 0.133 e. The van der Waals surface area contributed by atoms with Crippen LogP contribution in [0, 0.1) is 11.3 Å². The van der Waals surface area contributed by atoms with Crippen LogP contribution in [-0.2, 0) is 6.54 Å². The van der Waals surface area contributed by atoms with Gasteiger partial charge in [0.2, 0.25) is 0 Å². The maximum atomic E-state index is 9.56. The molecule has 0 saturated carbocycles. The van der Waals surface area contributed by atoms with Crippen LogP contribution in [-0.4, -0.2) is 66.2 Å². The van der Waals surface area contributed by atoms with Gasteiger partial charge in [-0.3, -0.25) is 4.90 Å². The number of anilines is 1. The topological polar surface area (TPSA) is 101 Å². The summed E-state index contributed by atoms with van der Waals surface area (Å²) in [5, 5.41) is 9.56. The lowest BCUT2D eigenvalue weighted by atomic mass is 10.0. The van der Waals surface area contributed by atoms with Crippen LogP contribution < -0.4 is 15.2 Å². The predicted molar refractivity (Wildman–Crippen MR) is 134 cm³/mol. The standard InChI is InChI=1S/C26H32N6O2/c1-4-33-23-13-18(16-27)14-24(34-5-2)25(23)26-22(17-32-10-6-9-31(3)11-12-32)29-21-15-19(28)7-8-20(21)30-26/h7-8,13-15H,4-6,9-12,17,28H2,1-3H3. The Morgan fingerprint density at radius 1 is 0.971 bits per heavy atom. The average Bonchev–Trinajstić information content (AvgIpc) is 3.03. The Morgan fingerprint density at radius 2 is 1.71 bits per heavy atom. The summed E-state index contributed by atoms with van der Waals surface area (Å²) in [5.41, 5.74) is 11.0. The van der Waals surface area contributed by atoms with Crippen molar-refractivity contribution in [1.82, 2.24) is 19.8 Å². The lowest BCUT2D eigenvalue weighted by Crippen LogP contribution is -2.29. The Kier molecular flexibility index (Phi) is 7.46. The zero-order chi connectivity index (χ0) is 24.1. The molecule has 1 fully saturated rings. The largest absolute Gasteiger partial charge is 0.493 e. The van der Waals surface area contributed by atoms with Crippen molar-refractivity contribution in [2.75, 3.05) is 52.2 Å². The van der Waals surface area contributed by atoms with E-state index in [-0.39, 0.29) is 0 Å². The Bertz CT molecular complexity index is 1180. The Labute approximate surface area is 200 Å². The highest BCUT2D eigenvalue weighted by atomic mass is 16.5. The van der Waals surface area contributed by atoms with Gasteiger partial charge >= 0.3 is 0 Å². The fourth-order valence-corrected chi connectivity index (χ4v) is 4.31. The molecule has 0 bridgehead atoms. The van der Waals surface area contributed by atoms with E-state index in [9.17, 15) is 5.26 Å². The van der Waals surface area contributed by atoms with Gasteiger partial charge in [0, 0.05) is 25.3 Å². The van der Waals surface area contributed by atoms with Crippen molar-refractivity contribution < 1.29 is 9.47 Å². The van der Waals surface area contributed by atoms with Gasteiger partial charge in [-0.1, -0.05) is 0 Å². The van der Waals surface area contributed by atoms with E-state index in [4.69, 9.17) is 25.2 Å². The number of nitrogens with two attached hydrogens (primary N) is 1. The molecule has 3 aromatic rings. The van der Waals surface area contributed by atoms with Gasteiger partial charge in [-0.2, -0.15) is 5.26 Å². The summed E-state index contributed by atoms with van der Waals surface area (Å²) < 4.78 is 12.0.